The van der Waals surface area contributed by atoms with Gasteiger partial charge in [0.05, 0.1) is 18.3 Å². The molecule has 1 aromatic heterocycles. The molecule has 0 N–H and O–H groups in total. The molecular weight excluding hydrogens is 326 g/mol. The number of carbonyl (C=O) groups is 1. The number of ether oxygens (including phenoxy) is 1. The van der Waals surface area contributed by atoms with E-state index in [0.29, 0.717) is 30.4 Å². The number of rotatable bonds is 4. The van der Waals surface area contributed by atoms with E-state index in [9.17, 15) is 13.2 Å². The van der Waals surface area contributed by atoms with E-state index in [1.807, 2.05) is 0 Å². The summed E-state index contributed by atoms with van der Waals surface area (Å²) in [6.45, 7) is 2.24. The van der Waals surface area contributed by atoms with Crippen molar-refractivity contribution in [2.75, 3.05) is 13.2 Å². The van der Waals surface area contributed by atoms with Gasteiger partial charge in [-0.25, -0.2) is 8.42 Å². The maximum atomic E-state index is 12.9. The maximum Gasteiger partial charge on any atom is 0.324 e. The fraction of sp³-hybridized carbons (Fsp3) is 0.462. The number of aromatic nitrogens is 2. The Morgan fingerprint density at radius 1 is 1.45 bits per heavy atom. The van der Waals surface area contributed by atoms with Crippen LogP contribution in [0.2, 0.25) is 0 Å². The highest BCUT2D eigenvalue weighted by molar-refractivity contribution is 7.89. The molecule has 118 valence electrons. The van der Waals surface area contributed by atoms with Crippen molar-refractivity contribution in [1.82, 2.24) is 13.1 Å². The molecular formula is C13H15N3O4S2. The number of sulfonamides is 1. The fourth-order valence-corrected chi connectivity index (χ4v) is 5.02. The molecule has 0 spiro atoms. The number of benzene rings is 1. The molecule has 0 amide bonds. The molecule has 7 nitrogen and oxygen atoms in total. The Labute approximate surface area is 132 Å². The van der Waals surface area contributed by atoms with Crippen LogP contribution >= 0.6 is 11.7 Å². The molecule has 1 saturated heterocycles. The molecule has 0 unspecified atom stereocenters. The second-order valence-electron chi connectivity index (χ2n) is 4.91. The number of esters is 1. The van der Waals surface area contributed by atoms with Crippen molar-refractivity contribution in [3.63, 3.8) is 0 Å². The average Bonchev–Trinajstić information content (AvgIpc) is 3.16. The van der Waals surface area contributed by atoms with Crippen molar-refractivity contribution in [2.24, 2.45) is 0 Å². The molecule has 1 aromatic carbocycles. The van der Waals surface area contributed by atoms with Crippen molar-refractivity contribution in [3.05, 3.63) is 18.2 Å². The van der Waals surface area contributed by atoms with Crippen molar-refractivity contribution in [2.45, 2.75) is 30.7 Å². The lowest BCUT2D eigenvalue weighted by Gasteiger charge is -2.22. The molecule has 22 heavy (non-hydrogen) atoms. The standard InChI is InChI=1S/C13H15N3O4S2/c1-2-20-13(17)10-6-4-8-16(10)22(18,19)11-7-3-5-9-12(11)15-21-14-9/h3,5,7,10H,2,4,6,8H2,1H3/t10-/m1/s1. The highest BCUT2D eigenvalue weighted by atomic mass is 32.2. The van der Waals surface area contributed by atoms with Crippen LogP contribution in [0.4, 0.5) is 0 Å². The predicted molar refractivity (Wildman–Crippen MR) is 81.0 cm³/mol. The Kier molecular flexibility index (Phi) is 4.11. The van der Waals surface area contributed by atoms with Crippen LogP contribution in [-0.2, 0) is 19.6 Å². The number of nitrogens with zero attached hydrogens (tertiary/aromatic N) is 3. The Morgan fingerprint density at radius 3 is 3.05 bits per heavy atom. The second kappa shape index (κ2) is 5.90. The van der Waals surface area contributed by atoms with Gasteiger partial charge in [-0.15, -0.1) is 0 Å². The highest BCUT2D eigenvalue weighted by Crippen LogP contribution is 2.30. The zero-order valence-electron chi connectivity index (χ0n) is 11.9. The summed E-state index contributed by atoms with van der Waals surface area (Å²) in [5.74, 6) is -0.493. The molecule has 9 heteroatoms. The Morgan fingerprint density at radius 2 is 2.27 bits per heavy atom. The van der Waals surface area contributed by atoms with Gasteiger partial charge in [0.15, 0.2) is 0 Å². The van der Waals surface area contributed by atoms with Gasteiger partial charge in [0.1, 0.15) is 22.0 Å². The highest BCUT2D eigenvalue weighted by Gasteiger charge is 2.41. The van der Waals surface area contributed by atoms with Gasteiger partial charge in [-0.3, -0.25) is 4.79 Å². The van der Waals surface area contributed by atoms with Gasteiger partial charge in [0, 0.05) is 6.54 Å². The molecule has 0 radical (unpaired) electrons. The largest absolute Gasteiger partial charge is 0.465 e. The molecule has 0 saturated carbocycles. The molecule has 2 heterocycles. The van der Waals surface area contributed by atoms with Crippen molar-refractivity contribution < 1.29 is 17.9 Å². The first kappa shape index (κ1) is 15.3. The molecule has 3 rings (SSSR count). The topological polar surface area (TPSA) is 89.5 Å². The van der Waals surface area contributed by atoms with E-state index in [2.05, 4.69) is 8.75 Å². The van der Waals surface area contributed by atoms with Gasteiger partial charge in [-0.2, -0.15) is 13.1 Å². The van der Waals surface area contributed by atoms with Crippen LogP contribution < -0.4 is 0 Å². The zero-order valence-corrected chi connectivity index (χ0v) is 13.6. The lowest BCUT2D eigenvalue weighted by Crippen LogP contribution is -2.41. The predicted octanol–water partition coefficient (Wildman–Crippen LogP) is 1.41. The van der Waals surface area contributed by atoms with Gasteiger partial charge in [-0.1, -0.05) is 6.07 Å². The molecule has 0 aliphatic carbocycles. The third-order valence-corrected chi connectivity index (χ3v) is 6.08. The fourth-order valence-electron chi connectivity index (χ4n) is 2.62. The zero-order chi connectivity index (χ0) is 15.7. The molecule has 1 fully saturated rings. The van der Waals surface area contributed by atoms with E-state index >= 15 is 0 Å². The van der Waals surface area contributed by atoms with E-state index in [1.165, 1.54) is 10.4 Å². The molecule has 1 atom stereocenters. The SMILES string of the molecule is CCOC(=O)[C@H]1CCCN1S(=O)(=O)c1cccc2nsnc12. The summed E-state index contributed by atoms with van der Waals surface area (Å²) in [5.41, 5.74) is 0.889. The van der Waals surface area contributed by atoms with Crippen molar-refractivity contribution >= 4 is 38.8 Å². The average molecular weight is 341 g/mol. The molecule has 1 aliphatic heterocycles. The number of fused-ring (bicyclic) bond motifs is 1. The van der Waals surface area contributed by atoms with Gasteiger partial charge in [0.2, 0.25) is 10.0 Å². The number of hydrogen-bond donors (Lipinski definition) is 0. The second-order valence-corrected chi connectivity index (χ2v) is 7.30. The minimum atomic E-state index is -3.81. The Bertz CT molecular complexity index is 802. The molecule has 0 bridgehead atoms. The molecule has 1 aliphatic rings. The molecule has 2 aromatic rings. The Hall–Kier alpha value is -1.58. The van der Waals surface area contributed by atoms with Crippen molar-refractivity contribution in [1.29, 1.82) is 0 Å². The smallest absolute Gasteiger partial charge is 0.324 e. The van der Waals surface area contributed by atoms with E-state index < -0.39 is 22.0 Å². The summed E-state index contributed by atoms with van der Waals surface area (Å²) in [6.07, 6.45) is 1.11. The first-order valence-electron chi connectivity index (χ1n) is 6.95. The summed E-state index contributed by atoms with van der Waals surface area (Å²) in [7, 11) is -3.81. The van der Waals surface area contributed by atoms with Crippen LogP contribution in [0.25, 0.3) is 11.0 Å². The first-order valence-corrected chi connectivity index (χ1v) is 9.12. The van der Waals surface area contributed by atoms with Crippen LogP contribution in [0.1, 0.15) is 19.8 Å². The van der Waals surface area contributed by atoms with Gasteiger partial charge < -0.3 is 4.74 Å². The van der Waals surface area contributed by atoms with Gasteiger partial charge >= 0.3 is 5.97 Å². The lowest BCUT2D eigenvalue weighted by atomic mass is 10.2. The van der Waals surface area contributed by atoms with Crippen LogP contribution in [0.3, 0.4) is 0 Å². The summed E-state index contributed by atoms with van der Waals surface area (Å²) >= 11 is 0.966. The number of hydrogen-bond acceptors (Lipinski definition) is 7. The third-order valence-electron chi connectivity index (χ3n) is 3.60. The minimum absolute atomic E-state index is 0.0925. The summed E-state index contributed by atoms with van der Waals surface area (Å²) in [5, 5.41) is 0. The summed E-state index contributed by atoms with van der Waals surface area (Å²) < 4.78 is 40.2. The Balaban J connectivity index is 2.02. The van der Waals surface area contributed by atoms with Gasteiger partial charge in [-0.05, 0) is 31.9 Å². The van der Waals surface area contributed by atoms with Crippen LogP contribution in [0, 0.1) is 0 Å². The normalized spacial score (nSPS) is 19.6. The van der Waals surface area contributed by atoms with Crippen LogP contribution in [0.15, 0.2) is 23.1 Å². The summed E-state index contributed by atoms with van der Waals surface area (Å²) in [6, 6.07) is 4.09. The number of carbonyl (C=O) groups excluding carboxylic acids is 1. The minimum Gasteiger partial charge on any atom is -0.465 e. The first-order chi connectivity index (χ1) is 10.6. The van der Waals surface area contributed by atoms with Crippen molar-refractivity contribution in [3.8, 4) is 0 Å². The lowest BCUT2D eigenvalue weighted by molar-refractivity contribution is -0.146. The van der Waals surface area contributed by atoms with E-state index in [-0.39, 0.29) is 11.5 Å². The summed E-state index contributed by atoms with van der Waals surface area (Å²) in [4.78, 5) is 12.1. The van der Waals surface area contributed by atoms with Gasteiger partial charge in [0.25, 0.3) is 0 Å². The van der Waals surface area contributed by atoms with Crippen LogP contribution in [-0.4, -0.2) is 46.6 Å². The monoisotopic (exact) mass is 341 g/mol. The van der Waals surface area contributed by atoms with Crippen LogP contribution in [0.5, 0.6) is 0 Å². The third kappa shape index (κ3) is 2.49. The maximum absolute atomic E-state index is 12.9. The van der Waals surface area contributed by atoms with E-state index in [0.717, 1.165) is 11.7 Å². The van der Waals surface area contributed by atoms with E-state index in [4.69, 9.17) is 4.74 Å². The quantitative estimate of drug-likeness (QED) is 0.781. The van der Waals surface area contributed by atoms with E-state index in [1.54, 1.807) is 19.1 Å².